The van der Waals surface area contributed by atoms with Gasteiger partial charge in [-0.05, 0) is 39.1 Å². The lowest BCUT2D eigenvalue weighted by atomic mass is 10.1. The Hall–Kier alpha value is -1.62. The molecule has 1 aromatic rings. The highest BCUT2D eigenvalue weighted by Crippen LogP contribution is 2.20. The van der Waals surface area contributed by atoms with Gasteiger partial charge >= 0.3 is 5.97 Å². The SMILES string of the molecule is CCN(CC)Cc1ccc(NC(C)(C)C(=O)O)cc1F. The zero-order valence-corrected chi connectivity index (χ0v) is 12.5. The van der Waals surface area contributed by atoms with E-state index in [0.717, 1.165) is 13.1 Å². The molecule has 112 valence electrons. The Morgan fingerprint density at radius 1 is 1.35 bits per heavy atom. The molecule has 1 aromatic carbocycles. The molecule has 5 heteroatoms. The Bertz CT molecular complexity index is 471. The third-order valence-corrected chi connectivity index (χ3v) is 3.33. The van der Waals surface area contributed by atoms with Gasteiger partial charge in [-0.15, -0.1) is 0 Å². The number of aliphatic carboxylic acids is 1. The molecular weight excluding hydrogens is 259 g/mol. The van der Waals surface area contributed by atoms with Crippen molar-refractivity contribution in [3.8, 4) is 0 Å². The van der Waals surface area contributed by atoms with E-state index in [-0.39, 0.29) is 5.82 Å². The summed E-state index contributed by atoms with van der Waals surface area (Å²) < 4.78 is 14.0. The lowest BCUT2D eigenvalue weighted by Crippen LogP contribution is -2.39. The Labute approximate surface area is 119 Å². The number of halogens is 1. The molecule has 2 N–H and O–H groups in total. The number of anilines is 1. The van der Waals surface area contributed by atoms with Crippen LogP contribution in [0.4, 0.5) is 10.1 Å². The standard InChI is InChI=1S/C15H23FN2O2/c1-5-18(6-2)10-11-7-8-12(9-13(11)16)17-15(3,4)14(19)20/h7-9,17H,5-6,10H2,1-4H3,(H,19,20). The van der Waals surface area contributed by atoms with Crippen molar-refractivity contribution in [3.05, 3.63) is 29.6 Å². The normalized spacial score (nSPS) is 11.7. The van der Waals surface area contributed by atoms with Crippen molar-refractivity contribution < 1.29 is 14.3 Å². The molecule has 0 fully saturated rings. The van der Waals surface area contributed by atoms with Crippen molar-refractivity contribution in [2.45, 2.75) is 39.8 Å². The van der Waals surface area contributed by atoms with Crippen LogP contribution >= 0.6 is 0 Å². The molecule has 1 rings (SSSR count). The van der Waals surface area contributed by atoms with Crippen LogP contribution in [0.2, 0.25) is 0 Å². The molecule has 0 saturated carbocycles. The molecule has 0 radical (unpaired) electrons. The predicted molar refractivity (Wildman–Crippen MR) is 78.4 cm³/mol. The lowest BCUT2D eigenvalue weighted by molar-refractivity contribution is -0.141. The van der Waals surface area contributed by atoms with E-state index in [9.17, 15) is 9.18 Å². The minimum absolute atomic E-state index is 0.317. The molecule has 4 nitrogen and oxygen atoms in total. The fourth-order valence-electron chi connectivity index (χ4n) is 1.86. The van der Waals surface area contributed by atoms with E-state index in [1.54, 1.807) is 12.1 Å². The van der Waals surface area contributed by atoms with Crippen LogP contribution in [0.15, 0.2) is 18.2 Å². The number of benzene rings is 1. The van der Waals surface area contributed by atoms with Gasteiger partial charge in [0.1, 0.15) is 11.4 Å². The maximum absolute atomic E-state index is 14.0. The Balaban J connectivity index is 2.85. The van der Waals surface area contributed by atoms with E-state index >= 15 is 0 Å². The van der Waals surface area contributed by atoms with Crippen LogP contribution in [-0.2, 0) is 11.3 Å². The maximum Gasteiger partial charge on any atom is 0.328 e. The summed E-state index contributed by atoms with van der Waals surface area (Å²) in [6, 6.07) is 4.77. The Morgan fingerprint density at radius 3 is 2.40 bits per heavy atom. The first-order chi connectivity index (χ1) is 9.30. The second-order valence-electron chi connectivity index (χ2n) is 5.32. The maximum atomic E-state index is 14.0. The van der Waals surface area contributed by atoms with Gasteiger partial charge in [-0.2, -0.15) is 0 Å². The summed E-state index contributed by atoms with van der Waals surface area (Å²) in [5.74, 6) is -1.30. The number of hydrogen-bond donors (Lipinski definition) is 2. The fraction of sp³-hybridized carbons (Fsp3) is 0.533. The van der Waals surface area contributed by atoms with Gasteiger partial charge in [0.2, 0.25) is 0 Å². The highest BCUT2D eigenvalue weighted by atomic mass is 19.1. The molecule has 0 aliphatic carbocycles. The largest absolute Gasteiger partial charge is 0.480 e. The van der Waals surface area contributed by atoms with Gasteiger partial charge in [0.15, 0.2) is 0 Å². The van der Waals surface area contributed by atoms with E-state index in [2.05, 4.69) is 10.2 Å². The molecule has 0 aliphatic heterocycles. The van der Waals surface area contributed by atoms with Crippen LogP contribution in [-0.4, -0.2) is 34.6 Å². The Morgan fingerprint density at radius 2 is 1.95 bits per heavy atom. The molecule has 0 aliphatic rings. The summed E-state index contributed by atoms with van der Waals surface area (Å²) in [4.78, 5) is 13.2. The van der Waals surface area contributed by atoms with Gasteiger partial charge in [-0.3, -0.25) is 4.90 Å². The lowest BCUT2D eigenvalue weighted by Gasteiger charge is -2.23. The monoisotopic (exact) mass is 282 g/mol. The number of nitrogens with one attached hydrogen (secondary N) is 1. The molecule has 0 saturated heterocycles. The highest BCUT2D eigenvalue weighted by Gasteiger charge is 2.26. The topological polar surface area (TPSA) is 52.6 Å². The van der Waals surface area contributed by atoms with Crippen molar-refractivity contribution in [2.24, 2.45) is 0 Å². The third kappa shape index (κ3) is 4.20. The summed E-state index contributed by atoms with van der Waals surface area (Å²) in [5, 5.41) is 11.9. The van der Waals surface area contributed by atoms with Gasteiger partial charge in [-0.1, -0.05) is 19.9 Å². The first-order valence-electron chi connectivity index (χ1n) is 6.82. The Kier molecular flexibility index (Phi) is 5.51. The highest BCUT2D eigenvalue weighted by molar-refractivity contribution is 5.81. The number of carboxylic acid groups (broad SMARTS) is 1. The average molecular weight is 282 g/mol. The van der Waals surface area contributed by atoms with E-state index in [0.29, 0.717) is 17.8 Å². The van der Waals surface area contributed by atoms with Crippen molar-refractivity contribution in [1.29, 1.82) is 0 Å². The van der Waals surface area contributed by atoms with Crippen LogP contribution in [0.3, 0.4) is 0 Å². The van der Waals surface area contributed by atoms with Gasteiger partial charge in [-0.25, -0.2) is 9.18 Å². The third-order valence-electron chi connectivity index (χ3n) is 3.33. The average Bonchev–Trinajstić information content (AvgIpc) is 2.37. The van der Waals surface area contributed by atoms with Crippen molar-refractivity contribution in [2.75, 3.05) is 18.4 Å². The molecule has 0 amide bonds. The number of carbonyl (C=O) groups is 1. The summed E-state index contributed by atoms with van der Waals surface area (Å²) in [5.41, 5.74) is -0.0436. The van der Waals surface area contributed by atoms with E-state index in [4.69, 9.17) is 5.11 Å². The van der Waals surface area contributed by atoms with Crippen molar-refractivity contribution in [1.82, 2.24) is 4.90 Å². The summed E-state index contributed by atoms with van der Waals surface area (Å²) in [6.07, 6.45) is 0. The summed E-state index contributed by atoms with van der Waals surface area (Å²) in [6.45, 7) is 9.43. The minimum Gasteiger partial charge on any atom is -0.480 e. The molecule has 0 heterocycles. The quantitative estimate of drug-likeness (QED) is 0.807. The second-order valence-corrected chi connectivity index (χ2v) is 5.32. The molecule has 0 bridgehead atoms. The van der Waals surface area contributed by atoms with E-state index in [1.807, 2.05) is 13.8 Å². The van der Waals surface area contributed by atoms with Crippen LogP contribution < -0.4 is 5.32 Å². The van der Waals surface area contributed by atoms with Crippen LogP contribution in [0.25, 0.3) is 0 Å². The molecule has 0 atom stereocenters. The zero-order chi connectivity index (χ0) is 15.3. The molecular formula is C15H23FN2O2. The van der Waals surface area contributed by atoms with E-state index in [1.165, 1.54) is 19.9 Å². The van der Waals surface area contributed by atoms with Crippen molar-refractivity contribution >= 4 is 11.7 Å². The second kappa shape index (κ2) is 6.70. The van der Waals surface area contributed by atoms with Crippen LogP contribution in [0.5, 0.6) is 0 Å². The molecule has 0 aromatic heterocycles. The van der Waals surface area contributed by atoms with Crippen molar-refractivity contribution in [3.63, 3.8) is 0 Å². The van der Waals surface area contributed by atoms with Gasteiger partial charge < -0.3 is 10.4 Å². The van der Waals surface area contributed by atoms with Gasteiger partial charge in [0.05, 0.1) is 0 Å². The molecule has 0 spiro atoms. The summed E-state index contributed by atoms with van der Waals surface area (Å²) in [7, 11) is 0. The fourth-order valence-corrected chi connectivity index (χ4v) is 1.86. The van der Waals surface area contributed by atoms with Gasteiger partial charge in [0, 0.05) is 17.8 Å². The first-order valence-corrected chi connectivity index (χ1v) is 6.82. The van der Waals surface area contributed by atoms with Gasteiger partial charge in [0.25, 0.3) is 0 Å². The number of nitrogens with zero attached hydrogens (tertiary/aromatic N) is 1. The van der Waals surface area contributed by atoms with Crippen LogP contribution in [0.1, 0.15) is 33.3 Å². The first kappa shape index (κ1) is 16.4. The number of rotatable bonds is 7. The minimum atomic E-state index is -1.13. The predicted octanol–water partition coefficient (Wildman–Crippen LogP) is 2.94. The van der Waals surface area contributed by atoms with Crippen LogP contribution in [0, 0.1) is 5.82 Å². The zero-order valence-electron chi connectivity index (χ0n) is 12.5. The number of carboxylic acids is 1. The van der Waals surface area contributed by atoms with E-state index < -0.39 is 11.5 Å². The molecule has 20 heavy (non-hydrogen) atoms. The molecule has 0 unspecified atom stereocenters. The number of hydrogen-bond acceptors (Lipinski definition) is 3. The smallest absolute Gasteiger partial charge is 0.328 e. The summed E-state index contributed by atoms with van der Waals surface area (Å²) >= 11 is 0.